The number of hydrogen-bond donors (Lipinski definition) is 2. The van der Waals surface area contributed by atoms with Crippen LogP contribution in [0.25, 0.3) is 0 Å². The Balaban J connectivity index is 1.37. The summed E-state index contributed by atoms with van der Waals surface area (Å²) in [6.45, 7) is 13.2. The molecule has 2 saturated heterocycles. The van der Waals surface area contributed by atoms with Gasteiger partial charge in [0.1, 0.15) is 0 Å². The van der Waals surface area contributed by atoms with Gasteiger partial charge in [-0.15, -0.1) is 0 Å². The molecule has 6 rings (SSSR count). The van der Waals surface area contributed by atoms with E-state index in [1.807, 2.05) is 49.4 Å². The van der Waals surface area contributed by atoms with Crippen LogP contribution in [0.4, 0.5) is 15.5 Å². The number of aliphatic hydroxyl groups is 1. The van der Waals surface area contributed by atoms with Crippen LogP contribution in [0.5, 0.6) is 0 Å². The number of halogens is 1. The van der Waals surface area contributed by atoms with Crippen LogP contribution in [0.3, 0.4) is 0 Å². The van der Waals surface area contributed by atoms with Gasteiger partial charge in [0.15, 0.2) is 5.60 Å². The number of benzene rings is 2. The smallest absolute Gasteiger partial charge is 0.264 e. The molecule has 2 N–H and O–H groups in total. The van der Waals surface area contributed by atoms with Gasteiger partial charge in [0.05, 0.1) is 37.4 Å². The molecule has 0 aromatic heterocycles. The number of ether oxygens (including phenoxy) is 1. The van der Waals surface area contributed by atoms with E-state index in [-0.39, 0.29) is 37.3 Å². The second-order valence-electron chi connectivity index (χ2n) is 15.5. The molecular weight excluding hydrogens is 664 g/mol. The van der Waals surface area contributed by atoms with Gasteiger partial charge in [-0.05, 0) is 82.5 Å². The van der Waals surface area contributed by atoms with Gasteiger partial charge in [-0.2, -0.15) is 0 Å². The van der Waals surface area contributed by atoms with Crippen molar-refractivity contribution in [1.29, 1.82) is 0 Å². The van der Waals surface area contributed by atoms with Crippen molar-refractivity contribution < 1.29 is 28.3 Å². The van der Waals surface area contributed by atoms with Crippen molar-refractivity contribution in [2.45, 2.75) is 96.3 Å². The van der Waals surface area contributed by atoms with Crippen molar-refractivity contribution in [2.24, 2.45) is 5.92 Å². The van der Waals surface area contributed by atoms with Crippen LogP contribution in [0, 0.1) is 5.92 Å². The van der Waals surface area contributed by atoms with E-state index < -0.39 is 37.6 Å². The van der Waals surface area contributed by atoms with Crippen molar-refractivity contribution in [2.75, 3.05) is 42.6 Å². The van der Waals surface area contributed by atoms with Crippen LogP contribution >= 0.6 is 0 Å². The summed E-state index contributed by atoms with van der Waals surface area (Å²) in [4.78, 5) is 47.3. The summed E-state index contributed by atoms with van der Waals surface area (Å²) < 4.78 is 23.6. The summed E-state index contributed by atoms with van der Waals surface area (Å²) >= 11 is 0. The second-order valence-corrected chi connectivity index (χ2v) is 19.3. The number of amides is 3. The highest BCUT2D eigenvalue weighted by Gasteiger charge is 2.67. The van der Waals surface area contributed by atoms with E-state index in [9.17, 15) is 19.5 Å². The van der Waals surface area contributed by atoms with E-state index in [0.29, 0.717) is 49.5 Å². The molecule has 2 aromatic rings. The Morgan fingerprint density at radius 1 is 1.12 bits per heavy atom. The average Bonchev–Trinajstić information content (AvgIpc) is 3.52. The van der Waals surface area contributed by atoms with E-state index in [0.717, 1.165) is 29.5 Å². The Morgan fingerprint density at radius 3 is 2.55 bits per heavy atom. The minimum Gasteiger partial charge on any atom is -0.394 e. The van der Waals surface area contributed by atoms with E-state index in [1.165, 1.54) is 5.57 Å². The first-order chi connectivity index (χ1) is 24.3. The first-order valence-corrected chi connectivity index (χ1v) is 21.3. The molecule has 1 spiro atoms. The van der Waals surface area contributed by atoms with Crippen LogP contribution < -0.4 is 15.1 Å². The predicted molar refractivity (Wildman–Crippen MR) is 201 cm³/mol. The molecule has 0 aliphatic carbocycles. The maximum atomic E-state index is 16.6. The third-order valence-corrected chi connectivity index (χ3v) is 13.8. The third kappa shape index (κ3) is 7.10. The molecule has 0 radical (unpaired) electrons. The molecule has 9 nitrogen and oxygen atoms in total. The number of nitrogens with zero attached hydrogens (tertiary/aromatic N) is 3. The number of carbonyl (C=O) groups is 3. The van der Waals surface area contributed by atoms with Crippen LogP contribution in [0.15, 0.2) is 65.8 Å². The normalized spacial score (nSPS) is 26.5. The summed E-state index contributed by atoms with van der Waals surface area (Å²) in [6, 6.07) is 13.2. The highest BCUT2D eigenvalue weighted by Crippen LogP contribution is 2.60. The number of carbonyl (C=O) groups excluding carboxylic acids is 3. The van der Waals surface area contributed by atoms with Crippen molar-refractivity contribution >= 4 is 37.5 Å². The topological polar surface area (TPSA) is 102 Å². The SMILES string of the molecule is CC(C)=CCC/C(C)=C/CN1C(=O)[C@]2(O[C@H](CC(=O)N3Cc4ccccc4C[C@H]3CO)[C@@H]([Si](C)(C)F)[C@@H]2C)c2cc(N3CCNCC3=O)ccc21. The lowest BCUT2D eigenvalue weighted by Gasteiger charge is -2.37. The molecule has 4 heterocycles. The maximum absolute atomic E-state index is 16.6. The van der Waals surface area contributed by atoms with Crippen LogP contribution in [0.1, 0.15) is 63.6 Å². The molecule has 0 saturated carbocycles. The fourth-order valence-electron chi connectivity index (χ4n) is 8.73. The Bertz CT molecular complexity index is 1740. The number of rotatable bonds is 10. The number of allylic oxidation sites excluding steroid dienone is 3. The molecule has 4 aliphatic heterocycles. The Morgan fingerprint density at radius 2 is 1.86 bits per heavy atom. The fraction of sp³-hybridized carbons (Fsp3) is 0.525. The summed E-state index contributed by atoms with van der Waals surface area (Å²) in [5, 5.41) is 13.4. The van der Waals surface area contributed by atoms with Crippen LogP contribution in [-0.2, 0) is 37.7 Å². The number of hydrogen-bond acceptors (Lipinski definition) is 6. The summed E-state index contributed by atoms with van der Waals surface area (Å²) in [5.74, 6) is -1.13. The molecule has 11 heteroatoms. The molecule has 3 amide bonds. The summed E-state index contributed by atoms with van der Waals surface area (Å²) in [6.07, 6.45) is 5.64. The highest BCUT2D eigenvalue weighted by molar-refractivity contribution is 6.72. The van der Waals surface area contributed by atoms with Gasteiger partial charge in [0.25, 0.3) is 5.91 Å². The third-order valence-electron chi connectivity index (χ3n) is 11.3. The molecule has 0 unspecified atom stereocenters. The van der Waals surface area contributed by atoms with Gasteiger partial charge >= 0.3 is 0 Å². The number of fused-ring (bicyclic) bond motifs is 3. The quantitative estimate of drug-likeness (QED) is 0.184. The minimum atomic E-state index is -3.54. The van der Waals surface area contributed by atoms with Gasteiger partial charge in [0.2, 0.25) is 20.2 Å². The first-order valence-electron chi connectivity index (χ1n) is 18.4. The maximum Gasteiger partial charge on any atom is 0.264 e. The Labute approximate surface area is 302 Å². The Kier molecular flexibility index (Phi) is 10.8. The molecule has 2 fully saturated rings. The zero-order valence-electron chi connectivity index (χ0n) is 30.9. The van der Waals surface area contributed by atoms with Crippen LogP contribution in [0.2, 0.25) is 18.6 Å². The zero-order chi connectivity index (χ0) is 36.7. The number of nitrogens with one attached hydrogen (secondary N) is 1. The molecule has 4 aliphatic rings. The molecule has 51 heavy (non-hydrogen) atoms. The van der Waals surface area contributed by atoms with Crippen molar-refractivity contribution in [3.8, 4) is 0 Å². The van der Waals surface area contributed by atoms with E-state index >= 15 is 4.11 Å². The lowest BCUT2D eigenvalue weighted by Crippen LogP contribution is -2.48. The zero-order valence-corrected chi connectivity index (χ0v) is 31.9. The molecule has 0 bridgehead atoms. The fourth-order valence-corrected chi connectivity index (χ4v) is 11.2. The largest absolute Gasteiger partial charge is 0.394 e. The van der Waals surface area contributed by atoms with Gasteiger partial charge in [-0.1, -0.05) is 54.5 Å². The van der Waals surface area contributed by atoms with E-state index in [2.05, 4.69) is 38.2 Å². The predicted octanol–water partition coefficient (Wildman–Crippen LogP) is 5.77. The minimum absolute atomic E-state index is 0.0630. The lowest BCUT2D eigenvalue weighted by atomic mass is 9.82. The Hall–Kier alpha value is -3.64. The van der Waals surface area contributed by atoms with Crippen LogP contribution in [-0.4, -0.2) is 81.1 Å². The van der Waals surface area contributed by atoms with Gasteiger partial charge in [-0.3, -0.25) is 14.4 Å². The number of anilines is 2. The van der Waals surface area contributed by atoms with Crippen molar-refractivity contribution in [1.82, 2.24) is 10.2 Å². The highest BCUT2D eigenvalue weighted by atomic mass is 28.4. The number of aliphatic hydroxyl groups excluding tert-OH is 1. The van der Waals surface area contributed by atoms with E-state index in [4.69, 9.17) is 4.74 Å². The second kappa shape index (κ2) is 14.8. The van der Waals surface area contributed by atoms with Gasteiger partial charge in [-0.25, -0.2) is 0 Å². The van der Waals surface area contributed by atoms with E-state index in [1.54, 1.807) is 27.8 Å². The van der Waals surface area contributed by atoms with Crippen molar-refractivity contribution in [3.05, 3.63) is 82.5 Å². The standard InChI is InChI=1S/C40H53FN4O5Si/c1-26(2)10-9-11-27(3)16-18-44-34-15-14-31(43-19-17-42-23-37(43)48)21-33(34)40(39(44)49)28(4)38(51(5,6)41)35(50-40)22-36(47)45-24-30-13-8-7-12-29(30)20-32(45)25-46/h7-8,10,12-16,21,28,32,35,38,42,46H,9,11,17-20,22-25H2,1-6H3/b27-16+/t28-,32-,35+,38-,40+/m0/s1. The van der Waals surface area contributed by atoms with Gasteiger partial charge < -0.3 is 34.0 Å². The molecule has 274 valence electrons. The average molecular weight is 717 g/mol. The monoisotopic (exact) mass is 716 g/mol. The molecule has 2 aromatic carbocycles. The van der Waals surface area contributed by atoms with Gasteiger partial charge in [0, 0.05) is 48.9 Å². The first kappa shape index (κ1) is 37.1. The summed E-state index contributed by atoms with van der Waals surface area (Å²) in [5.41, 5.74) is 4.35. The van der Waals surface area contributed by atoms with Crippen molar-refractivity contribution in [3.63, 3.8) is 0 Å². The lowest BCUT2D eigenvalue weighted by molar-refractivity contribution is -0.150. The molecular formula is C40H53FN4O5Si. The number of piperazine rings is 1. The molecule has 5 atom stereocenters. The summed E-state index contributed by atoms with van der Waals surface area (Å²) in [7, 11) is -3.54.